The van der Waals surface area contributed by atoms with Crippen molar-refractivity contribution in [2.45, 2.75) is 6.54 Å². The van der Waals surface area contributed by atoms with Crippen molar-refractivity contribution in [3.8, 4) is 0 Å². The van der Waals surface area contributed by atoms with Crippen molar-refractivity contribution < 1.29 is 14.3 Å². The molecule has 0 aliphatic carbocycles. The van der Waals surface area contributed by atoms with Gasteiger partial charge in [-0.25, -0.2) is 9.78 Å². The van der Waals surface area contributed by atoms with Gasteiger partial charge < -0.3 is 14.0 Å². The van der Waals surface area contributed by atoms with E-state index >= 15 is 0 Å². The van der Waals surface area contributed by atoms with Gasteiger partial charge in [0, 0.05) is 13.7 Å². The van der Waals surface area contributed by atoms with Crippen molar-refractivity contribution in [3.63, 3.8) is 0 Å². The van der Waals surface area contributed by atoms with Gasteiger partial charge in [-0.05, 0) is 0 Å². The third kappa shape index (κ3) is 2.29. The predicted octanol–water partition coefficient (Wildman–Crippen LogP) is 0.316. The minimum Gasteiger partial charge on any atom is -0.464 e. The van der Waals surface area contributed by atoms with E-state index in [2.05, 4.69) is 9.72 Å². The second-order valence-electron chi connectivity index (χ2n) is 2.46. The molecule has 0 aromatic carbocycles. The number of nitrogens with zero attached hydrogens (tertiary/aromatic N) is 2. The van der Waals surface area contributed by atoms with Crippen molar-refractivity contribution in [3.05, 3.63) is 18.2 Å². The van der Waals surface area contributed by atoms with Crippen LogP contribution in [0.3, 0.4) is 0 Å². The van der Waals surface area contributed by atoms with Crippen molar-refractivity contribution in [2.75, 3.05) is 20.8 Å². The highest BCUT2D eigenvalue weighted by Gasteiger charge is 2.10. The fourth-order valence-electron chi connectivity index (χ4n) is 0.963. The molecular weight excluding hydrogens is 172 g/mol. The maximum Gasteiger partial charge on any atom is 0.356 e. The zero-order valence-corrected chi connectivity index (χ0v) is 7.69. The highest BCUT2D eigenvalue weighted by molar-refractivity contribution is 5.87. The number of ether oxygens (including phenoxy) is 2. The van der Waals surface area contributed by atoms with Crippen LogP contribution < -0.4 is 0 Å². The predicted molar refractivity (Wildman–Crippen MR) is 45.4 cm³/mol. The molecule has 5 heteroatoms. The molecule has 0 spiro atoms. The Morgan fingerprint density at radius 3 is 3.00 bits per heavy atom. The molecule has 0 aliphatic heterocycles. The first-order valence-corrected chi connectivity index (χ1v) is 3.87. The van der Waals surface area contributed by atoms with Gasteiger partial charge in [-0.3, -0.25) is 0 Å². The standard InChI is InChI=1S/C8H12N2O3/c1-12-4-3-10-6-9-5-7(10)8(11)13-2/h5-6H,3-4H2,1-2H3. The van der Waals surface area contributed by atoms with Gasteiger partial charge in [0.2, 0.25) is 0 Å². The smallest absolute Gasteiger partial charge is 0.356 e. The largest absolute Gasteiger partial charge is 0.464 e. The molecule has 0 unspecified atom stereocenters. The van der Waals surface area contributed by atoms with Crippen LogP contribution in [0.2, 0.25) is 0 Å². The number of hydrogen-bond acceptors (Lipinski definition) is 4. The maximum atomic E-state index is 11.1. The van der Waals surface area contributed by atoms with E-state index in [-0.39, 0.29) is 5.97 Å². The SMILES string of the molecule is COCCn1cncc1C(=O)OC. The van der Waals surface area contributed by atoms with E-state index in [0.717, 1.165) is 0 Å². The Kier molecular flexibility index (Phi) is 3.45. The molecule has 0 amide bonds. The lowest BCUT2D eigenvalue weighted by Gasteiger charge is -2.04. The van der Waals surface area contributed by atoms with Crippen LogP contribution in [0.25, 0.3) is 0 Å². The highest BCUT2D eigenvalue weighted by atomic mass is 16.5. The Balaban J connectivity index is 2.71. The average Bonchev–Trinajstić information content (AvgIpc) is 2.61. The summed E-state index contributed by atoms with van der Waals surface area (Å²) in [6, 6.07) is 0. The molecule has 5 nitrogen and oxygen atoms in total. The summed E-state index contributed by atoms with van der Waals surface area (Å²) in [5.41, 5.74) is 0.444. The fraction of sp³-hybridized carbons (Fsp3) is 0.500. The normalized spacial score (nSPS) is 10.0. The van der Waals surface area contributed by atoms with Crippen molar-refractivity contribution in [1.29, 1.82) is 0 Å². The lowest BCUT2D eigenvalue weighted by atomic mass is 10.4. The number of aromatic nitrogens is 2. The first kappa shape index (κ1) is 9.73. The van der Waals surface area contributed by atoms with E-state index in [4.69, 9.17) is 4.74 Å². The van der Waals surface area contributed by atoms with E-state index in [1.807, 2.05) is 0 Å². The van der Waals surface area contributed by atoms with E-state index < -0.39 is 0 Å². The number of carbonyl (C=O) groups excluding carboxylic acids is 1. The maximum absolute atomic E-state index is 11.1. The molecule has 0 aliphatic rings. The zero-order chi connectivity index (χ0) is 9.68. The van der Waals surface area contributed by atoms with Crippen molar-refractivity contribution >= 4 is 5.97 Å². The van der Waals surface area contributed by atoms with Crippen LogP contribution in [0, 0.1) is 0 Å². The molecule has 0 saturated heterocycles. The summed E-state index contributed by atoms with van der Waals surface area (Å²) < 4.78 is 11.1. The second kappa shape index (κ2) is 4.61. The Morgan fingerprint density at radius 2 is 2.38 bits per heavy atom. The van der Waals surface area contributed by atoms with Crippen LogP contribution in [0.5, 0.6) is 0 Å². The molecule has 1 aromatic rings. The molecule has 0 fully saturated rings. The van der Waals surface area contributed by atoms with Gasteiger partial charge in [0.05, 0.1) is 26.2 Å². The molecular formula is C8H12N2O3. The molecule has 72 valence electrons. The molecule has 1 rings (SSSR count). The van der Waals surface area contributed by atoms with Gasteiger partial charge in [-0.15, -0.1) is 0 Å². The molecule has 0 N–H and O–H groups in total. The first-order valence-electron chi connectivity index (χ1n) is 3.87. The minimum absolute atomic E-state index is 0.381. The van der Waals surface area contributed by atoms with Gasteiger partial charge in [-0.2, -0.15) is 0 Å². The molecule has 0 saturated carbocycles. The summed E-state index contributed by atoms with van der Waals surface area (Å²) in [5, 5.41) is 0. The number of hydrogen-bond donors (Lipinski definition) is 0. The molecule has 1 heterocycles. The lowest BCUT2D eigenvalue weighted by molar-refractivity contribution is 0.0586. The summed E-state index contributed by atoms with van der Waals surface area (Å²) in [7, 11) is 2.95. The Labute approximate surface area is 76.3 Å². The first-order chi connectivity index (χ1) is 6.29. The third-order valence-corrected chi connectivity index (χ3v) is 1.64. The summed E-state index contributed by atoms with van der Waals surface area (Å²) in [4.78, 5) is 15.0. The van der Waals surface area contributed by atoms with Crippen LogP contribution in [-0.2, 0) is 16.0 Å². The van der Waals surface area contributed by atoms with E-state index in [1.54, 1.807) is 18.0 Å². The number of esters is 1. The summed E-state index contributed by atoms with van der Waals surface area (Å²) in [5.74, 6) is -0.381. The molecule has 0 atom stereocenters. The summed E-state index contributed by atoms with van der Waals surface area (Å²) in [6.07, 6.45) is 3.05. The Bertz CT molecular complexity index is 283. The van der Waals surface area contributed by atoms with Crippen LogP contribution in [0.4, 0.5) is 0 Å². The van der Waals surface area contributed by atoms with Gasteiger partial charge in [0.1, 0.15) is 5.69 Å². The Morgan fingerprint density at radius 1 is 1.62 bits per heavy atom. The fourth-order valence-corrected chi connectivity index (χ4v) is 0.963. The van der Waals surface area contributed by atoms with Crippen molar-refractivity contribution in [2.24, 2.45) is 0 Å². The van der Waals surface area contributed by atoms with Gasteiger partial charge in [0.25, 0.3) is 0 Å². The monoisotopic (exact) mass is 184 g/mol. The molecule has 0 radical (unpaired) electrons. The van der Waals surface area contributed by atoms with Crippen molar-refractivity contribution in [1.82, 2.24) is 9.55 Å². The van der Waals surface area contributed by atoms with Gasteiger partial charge >= 0.3 is 5.97 Å². The molecule has 1 aromatic heterocycles. The number of carbonyl (C=O) groups is 1. The Hall–Kier alpha value is -1.36. The van der Waals surface area contributed by atoms with Crippen LogP contribution in [0.15, 0.2) is 12.5 Å². The van der Waals surface area contributed by atoms with Crippen LogP contribution in [0.1, 0.15) is 10.5 Å². The number of imidazole rings is 1. The quantitative estimate of drug-likeness (QED) is 0.632. The average molecular weight is 184 g/mol. The van der Waals surface area contributed by atoms with E-state index in [0.29, 0.717) is 18.8 Å². The van der Waals surface area contributed by atoms with Gasteiger partial charge in [0.15, 0.2) is 0 Å². The highest BCUT2D eigenvalue weighted by Crippen LogP contribution is 2.00. The topological polar surface area (TPSA) is 53.4 Å². The summed E-state index contributed by atoms with van der Waals surface area (Å²) in [6.45, 7) is 1.14. The van der Waals surface area contributed by atoms with E-state index in [9.17, 15) is 4.79 Å². The molecule has 13 heavy (non-hydrogen) atoms. The van der Waals surface area contributed by atoms with Crippen LogP contribution in [-0.4, -0.2) is 36.3 Å². The summed E-state index contributed by atoms with van der Waals surface area (Å²) >= 11 is 0. The minimum atomic E-state index is -0.381. The zero-order valence-electron chi connectivity index (χ0n) is 7.69. The number of rotatable bonds is 4. The third-order valence-electron chi connectivity index (χ3n) is 1.64. The molecule has 0 bridgehead atoms. The number of methoxy groups -OCH3 is 2. The lowest BCUT2D eigenvalue weighted by Crippen LogP contribution is -2.12. The van der Waals surface area contributed by atoms with Gasteiger partial charge in [-0.1, -0.05) is 0 Å². The van der Waals surface area contributed by atoms with Crippen LogP contribution >= 0.6 is 0 Å². The second-order valence-corrected chi connectivity index (χ2v) is 2.46. The van der Waals surface area contributed by atoms with E-state index in [1.165, 1.54) is 13.3 Å².